The molecule has 0 aromatic carbocycles. The number of nitrogens with zero attached hydrogens (tertiary/aromatic N) is 2. The molecule has 2 unspecified atom stereocenters. The highest BCUT2D eigenvalue weighted by Crippen LogP contribution is 2.27. The number of guanidine groups is 1. The van der Waals surface area contributed by atoms with Crippen molar-refractivity contribution in [3.63, 3.8) is 0 Å². The van der Waals surface area contributed by atoms with Gasteiger partial charge in [-0.3, -0.25) is 9.98 Å². The van der Waals surface area contributed by atoms with Gasteiger partial charge < -0.3 is 10.6 Å². The first-order valence-corrected chi connectivity index (χ1v) is 8.12. The van der Waals surface area contributed by atoms with Gasteiger partial charge in [-0.25, -0.2) is 0 Å². The lowest BCUT2D eigenvalue weighted by atomic mass is 9.82. The molecule has 2 N–H and O–H groups in total. The van der Waals surface area contributed by atoms with Crippen molar-refractivity contribution in [1.29, 1.82) is 0 Å². The minimum absolute atomic E-state index is 0. The van der Waals surface area contributed by atoms with Crippen LogP contribution in [0.2, 0.25) is 0 Å². The third-order valence-electron chi connectivity index (χ3n) is 4.23. The predicted molar refractivity (Wildman–Crippen MR) is 104 cm³/mol. The summed E-state index contributed by atoms with van der Waals surface area (Å²) in [7, 11) is 1.83. The van der Waals surface area contributed by atoms with Crippen molar-refractivity contribution >= 4 is 29.9 Å². The summed E-state index contributed by atoms with van der Waals surface area (Å²) < 4.78 is 0. The van der Waals surface area contributed by atoms with Gasteiger partial charge in [0, 0.05) is 38.4 Å². The van der Waals surface area contributed by atoms with E-state index in [1.165, 1.54) is 25.7 Å². The zero-order valence-corrected chi connectivity index (χ0v) is 16.0. The number of hydrogen-bond donors (Lipinski definition) is 2. The predicted octanol–water partition coefficient (Wildman–Crippen LogP) is 3.23. The fourth-order valence-electron chi connectivity index (χ4n) is 3.06. The first-order chi connectivity index (χ1) is 10.3. The van der Waals surface area contributed by atoms with Crippen LogP contribution in [0.1, 0.15) is 38.3 Å². The Bertz CT molecular complexity index is 436. The number of rotatable bonds is 5. The zero-order valence-electron chi connectivity index (χ0n) is 13.7. The van der Waals surface area contributed by atoms with Crippen molar-refractivity contribution in [2.24, 2.45) is 16.8 Å². The minimum atomic E-state index is 0. The Morgan fingerprint density at radius 2 is 2.18 bits per heavy atom. The Hall–Kier alpha value is -0.850. The van der Waals surface area contributed by atoms with Crippen molar-refractivity contribution in [3.05, 3.63) is 30.1 Å². The molecule has 1 aliphatic carbocycles. The van der Waals surface area contributed by atoms with Gasteiger partial charge in [-0.1, -0.05) is 25.8 Å². The van der Waals surface area contributed by atoms with E-state index in [1.54, 1.807) is 0 Å². The van der Waals surface area contributed by atoms with E-state index in [9.17, 15) is 0 Å². The topological polar surface area (TPSA) is 49.3 Å². The van der Waals surface area contributed by atoms with Gasteiger partial charge in [0.2, 0.25) is 0 Å². The highest BCUT2D eigenvalue weighted by atomic mass is 127. The number of halogens is 1. The summed E-state index contributed by atoms with van der Waals surface area (Å²) in [6.07, 6.45) is 8.22. The van der Waals surface area contributed by atoms with Crippen LogP contribution in [0, 0.1) is 11.8 Å². The molecule has 0 radical (unpaired) electrons. The molecule has 4 nitrogen and oxygen atoms in total. The molecule has 2 rings (SSSR count). The van der Waals surface area contributed by atoms with E-state index in [2.05, 4.69) is 33.6 Å². The Labute approximate surface area is 151 Å². The SMILES string of the molecule is CN=C(NCCc1ccccn1)NCC1CCCC(C)C1.I. The smallest absolute Gasteiger partial charge is 0.190 e. The van der Waals surface area contributed by atoms with Crippen LogP contribution in [-0.4, -0.2) is 31.1 Å². The molecule has 22 heavy (non-hydrogen) atoms. The van der Waals surface area contributed by atoms with E-state index in [4.69, 9.17) is 0 Å². The van der Waals surface area contributed by atoms with Crippen LogP contribution < -0.4 is 10.6 Å². The molecule has 1 heterocycles. The van der Waals surface area contributed by atoms with Gasteiger partial charge in [-0.15, -0.1) is 24.0 Å². The van der Waals surface area contributed by atoms with E-state index in [1.807, 2.05) is 25.4 Å². The van der Waals surface area contributed by atoms with Crippen LogP contribution in [0.25, 0.3) is 0 Å². The molecule has 0 bridgehead atoms. The molecule has 1 saturated carbocycles. The summed E-state index contributed by atoms with van der Waals surface area (Å²) in [4.78, 5) is 8.63. The summed E-state index contributed by atoms with van der Waals surface area (Å²) in [5.74, 6) is 2.58. The first-order valence-electron chi connectivity index (χ1n) is 8.12. The van der Waals surface area contributed by atoms with Crippen molar-refractivity contribution in [2.45, 2.75) is 39.0 Å². The molecular weight excluding hydrogens is 387 g/mol. The molecule has 2 atom stereocenters. The molecule has 1 aliphatic rings. The zero-order chi connectivity index (χ0) is 14.9. The van der Waals surface area contributed by atoms with Gasteiger partial charge in [0.05, 0.1) is 0 Å². The third kappa shape index (κ3) is 6.94. The molecule has 0 saturated heterocycles. The summed E-state index contributed by atoms with van der Waals surface area (Å²) >= 11 is 0. The number of pyridine rings is 1. The summed E-state index contributed by atoms with van der Waals surface area (Å²) in [5.41, 5.74) is 1.11. The lowest BCUT2D eigenvalue weighted by Gasteiger charge is -2.27. The standard InChI is InChI=1S/C17H28N4.HI/c1-14-6-5-7-15(12-14)13-21-17(18-2)20-11-9-16-8-3-4-10-19-16;/h3-4,8,10,14-15H,5-7,9,11-13H2,1-2H3,(H2,18,20,21);1H. The van der Waals surface area contributed by atoms with Crippen molar-refractivity contribution in [2.75, 3.05) is 20.1 Å². The van der Waals surface area contributed by atoms with E-state index < -0.39 is 0 Å². The molecule has 0 aliphatic heterocycles. The van der Waals surface area contributed by atoms with Gasteiger partial charge in [0.1, 0.15) is 0 Å². The Morgan fingerprint density at radius 3 is 2.86 bits per heavy atom. The van der Waals surface area contributed by atoms with Crippen LogP contribution in [0.4, 0.5) is 0 Å². The maximum absolute atomic E-state index is 4.33. The summed E-state index contributed by atoms with van der Waals surface area (Å²) in [5, 5.41) is 6.83. The van der Waals surface area contributed by atoms with E-state index in [0.717, 1.165) is 43.0 Å². The highest BCUT2D eigenvalue weighted by molar-refractivity contribution is 14.0. The summed E-state index contributed by atoms with van der Waals surface area (Å²) in [6, 6.07) is 6.03. The summed E-state index contributed by atoms with van der Waals surface area (Å²) in [6.45, 7) is 4.26. The van der Waals surface area contributed by atoms with Crippen molar-refractivity contribution < 1.29 is 0 Å². The Kier molecular flexibility index (Phi) is 9.43. The molecule has 124 valence electrons. The van der Waals surface area contributed by atoms with Gasteiger partial charge >= 0.3 is 0 Å². The number of nitrogens with one attached hydrogen (secondary N) is 2. The molecule has 1 fully saturated rings. The van der Waals surface area contributed by atoms with Crippen molar-refractivity contribution in [1.82, 2.24) is 15.6 Å². The second kappa shape index (κ2) is 10.8. The number of hydrogen-bond acceptors (Lipinski definition) is 2. The van der Waals surface area contributed by atoms with E-state index >= 15 is 0 Å². The van der Waals surface area contributed by atoms with Gasteiger partial charge in [-0.2, -0.15) is 0 Å². The molecule has 0 spiro atoms. The second-order valence-corrected chi connectivity index (χ2v) is 6.09. The van der Waals surface area contributed by atoms with Crippen LogP contribution in [0.3, 0.4) is 0 Å². The quantitative estimate of drug-likeness (QED) is 0.440. The van der Waals surface area contributed by atoms with Crippen LogP contribution in [-0.2, 0) is 6.42 Å². The largest absolute Gasteiger partial charge is 0.356 e. The van der Waals surface area contributed by atoms with Gasteiger partial charge in [-0.05, 0) is 36.8 Å². The number of aromatic nitrogens is 1. The molecule has 1 aromatic heterocycles. The first kappa shape index (κ1) is 19.2. The van der Waals surface area contributed by atoms with Crippen molar-refractivity contribution in [3.8, 4) is 0 Å². The second-order valence-electron chi connectivity index (χ2n) is 6.09. The third-order valence-corrected chi connectivity index (χ3v) is 4.23. The van der Waals surface area contributed by atoms with Crippen LogP contribution in [0.15, 0.2) is 29.4 Å². The maximum Gasteiger partial charge on any atom is 0.190 e. The molecule has 1 aromatic rings. The molecular formula is C17H29IN4. The van der Waals surface area contributed by atoms with Crippen LogP contribution in [0.5, 0.6) is 0 Å². The van der Waals surface area contributed by atoms with Gasteiger partial charge in [0.25, 0.3) is 0 Å². The minimum Gasteiger partial charge on any atom is -0.356 e. The number of aliphatic imine (C=N–C) groups is 1. The van der Waals surface area contributed by atoms with E-state index in [0.29, 0.717) is 0 Å². The fourth-order valence-corrected chi connectivity index (χ4v) is 3.06. The average Bonchev–Trinajstić information content (AvgIpc) is 2.52. The lowest BCUT2D eigenvalue weighted by Crippen LogP contribution is -2.41. The lowest BCUT2D eigenvalue weighted by molar-refractivity contribution is 0.282. The normalized spacial score (nSPS) is 21.8. The Balaban J connectivity index is 0.00000242. The van der Waals surface area contributed by atoms with E-state index in [-0.39, 0.29) is 24.0 Å². The van der Waals surface area contributed by atoms with Gasteiger partial charge in [0.15, 0.2) is 5.96 Å². The average molecular weight is 416 g/mol. The Morgan fingerprint density at radius 1 is 1.32 bits per heavy atom. The fraction of sp³-hybridized carbons (Fsp3) is 0.647. The van der Waals surface area contributed by atoms with Crippen LogP contribution >= 0.6 is 24.0 Å². The molecule has 0 amide bonds. The highest BCUT2D eigenvalue weighted by Gasteiger charge is 2.18. The maximum atomic E-state index is 4.33. The molecule has 5 heteroatoms. The monoisotopic (exact) mass is 416 g/mol.